The van der Waals surface area contributed by atoms with Gasteiger partial charge in [-0.2, -0.15) is 4.31 Å². The van der Waals surface area contributed by atoms with Gasteiger partial charge in [-0.15, -0.1) is 0 Å². The van der Waals surface area contributed by atoms with Crippen molar-refractivity contribution < 1.29 is 18.3 Å². The molecule has 3 rings (SSSR count). The van der Waals surface area contributed by atoms with Crippen LogP contribution < -0.4 is 0 Å². The average molecular weight is 371 g/mol. The maximum atomic E-state index is 12.7. The first-order chi connectivity index (χ1) is 11.9. The molecule has 2 saturated heterocycles. The number of aryl methyl sites for hydroxylation is 1. The van der Waals surface area contributed by atoms with Crippen LogP contribution in [-0.2, 0) is 17.1 Å². The van der Waals surface area contributed by atoms with E-state index >= 15 is 0 Å². The normalized spacial score (nSPS) is 23.7. The van der Waals surface area contributed by atoms with Crippen LogP contribution in [0.5, 0.6) is 0 Å². The standard InChI is InChI=1S/C15H25N5O4S/c1-17-11-14(16-12-17)25(23,24)20-4-2-3-13(10-20)9-18-5-7-19(8-6-18)15(21)22/h11-13H,2-10H2,1H3,(H,21,22)/t13-/m0/s1. The molecule has 1 aromatic rings. The number of hydrogen-bond acceptors (Lipinski definition) is 5. The topological polar surface area (TPSA) is 99.0 Å². The summed E-state index contributed by atoms with van der Waals surface area (Å²) in [6.07, 6.45) is 3.99. The van der Waals surface area contributed by atoms with Crippen molar-refractivity contribution in [2.75, 3.05) is 45.8 Å². The third kappa shape index (κ3) is 4.13. The van der Waals surface area contributed by atoms with E-state index in [1.807, 2.05) is 0 Å². The zero-order chi connectivity index (χ0) is 18.0. The molecule has 10 heteroatoms. The minimum absolute atomic E-state index is 0.103. The van der Waals surface area contributed by atoms with Gasteiger partial charge in [0.1, 0.15) is 0 Å². The van der Waals surface area contributed by atoms with Crippen molar-refractivity contribution >= 4 is 16.1 Å². The molecule has 2 aliphatic rings. The SMILES string of the molecule is Cn1cnc(S(=O)(=O)N2CCC[C@@H](CN3CCN(C(=O)O)CC3)C2)c1. The molecule has 0 aromatic carbocycles. The van der Waals surface area contributed by atoms with Crippen molar-refractivity contribution in [3.8, 4) is 0 Å². The Morgan fingerprint density at radius 3 is 2.60 bits per heavy atom. The fourth-order valence-corrected chi connectivity index (χ4v) is 5.06. The number of piperidine rings is 1. The van der Waals surface area contributed by atoms with E-state index in [0.717, 1.165) is 19.4 Å². The largest absolute Gasteiger partial charge is 0.465 e. The molecule has 2 fully saturated rings. The highest BCUT2D eigenvalue weighted by atomic mass is 32.2. The number of nitrogens with zero attached hydrogens (tertiary/aromatic N) is 5. The maximum absolute atomic E-state index is 12.7. The Kier molecular flexibility index (Phi) is 5.30. The zero-order valence-corrected chi connectivity index (χ0v) is 15.2. The molecule has 0 bridgehead atoms. The van der Waals surface area contributed by atoms with Gasteiger partial charge in [0.15, 0.2) is 5.03 Å². The molecule has 1 atom stereocenters. The molecule has 3 heterocycles. The molecule has 2 aliphatic heterocycles. The summed E-state index contributed by atoms with van der Waals surface area (Å²) in [6.45, 7) is 4.27. The monoisotopic (exact) mass is 371 g/mol. The third-order valence-corrected chi connectivity index (χ3v) is 6.68. The van der Waals surface area contributed by atoms with E-state index in [0.29, 0.717) is 39.3 Å². The van der Waals surface area contributed by atoms with Gasteiger partial charge >= 0.3 is 6.09 Å². The van der Waals surface area contributed by atoms with E-state index in [2.05, 4.69) is 9.88 Å². The Morgan fingerprint density at radius 1 is 1.28 bits per heavy atom. The summed E-state index contributed by atoms with van der Waals surface area (Å²) >= 11 is 0. The maximum Gasteiger partial charge on any atom is 0.407 e. The lowest BCUT2D eigenvalue weighted by Gasteiger charge is -2.38. The molecule has 0 saturated carbocycles. The minimum atomic E-state index is -3.54. The summed E-state index contributed by atoms with van der Waals surface area (Å²) in [7, 11) is -1.79. The number of aromatic nitrogens is 2. The van der Waals surface area contributed by atoms with Crippen LogP contribution in [0.2, 0.25) is 0 Å². The van der Waals surface area contributed by atoms with Crippen LogP contribution in [0, 0.1) is 5.92 Å². The van der Waals surface area contributed by atoms with Crippen LogP contribution in [-0.4, -0.2) is 89.1 Å². The number of piperazine rings is 1. The predicted molar refractivity (Wildman–Crippen MR) is 90.7 cm³/mol. The molecule has 0 unspecified atom stereocenters. The van der Waals surface area contributed by atoms with Crippen LogP contribution in [0.25, 0.3) is 0 Å². The molecular formula is C15H25N5O4S. The van der Waals surface area contributed by atoms with E-state index in [1.54, 1.807) is 11.6 Å². The second-order valence-electron chi connectivity index (χ2n) is 6.82. The average Bonchev–Trinajstić information content (AvgIpc) is 3.03. The van der Waals surface area contributed by atoms with Gasteiger partial charge in [-0.1, -0.05) is 0 Å². The second-order valence-corrected chi connectivity index (χ2v) is 8.70. The van der Waals surface area contributed by atoms with Crippen molar-refractivity contribution in [3.63, 3.8) is 0 Å². The van der Waals surface area contributed by atoms with Crippen LogP contribution in [0.1, 0.15) is 12.8 Å². The van der Waals surface area contributed by atoms with E-state index in [9.17, 15) is 13.2 Å². The zero-order valence-electron chi connectivity index (χ0n) is 14.4. The van der Waals surface area contributed by atoms with Crippen molar-refractivity contribution in [1.82, 2.24) is 23.7 Å². The molecule has 1 N–H and O–H groups in total. The number of hydrogen-bond donors (Lipinski definition) is 1. The van der Waals surface area contributed by atoms with Gasteiger partial charge in [-0.25, -0.2) is 18.2 Å². The summed E-state index contributed by atoms with van der Waals surface area (Å²) in [4.78, 5) is 18.6. The summed E-state index contributed by atoms with van der Waals surface area (Å²) < 4.78 is 28.6. The highest BCUT2D eigenvalue weighted by Crippen LogP contribution is 2.24. The van der Waals surface area contributed by atoms with Crippen LogP contribution in [0.3, 0.4) is 0 Å². The molecule has 140 valence electrons. The van der Waals surface area contributed by atoms with Crippen LogP contribution in [0.15, 0.2) is 17.6 Å². The number of imidazole rings is 1. The Hall–Kier alpha value is -1.65. The fourth-order valence-electron chi connectivity index (χ4n) is 3.54. The number of rotatable bonds is 4. The summed E-state index contributed by atoms with van der Waals surface area (Å²) in [5.41, 5.74) is 0. The molecule has 0 spiro atoms. The van der Waals surface area contributed by atoms with E-state index in [1.165, 1.54) is 21.7 Å². The first kappa shape index (κ1) is 18.2. The van der Waals surface area contributed by atoms with Gasteiger partial charge in [-0.3, -0.25) is 4.90 Å². The number of carbonyl (C=O) groups is 1. The number of sulfonamides is 1. The van der Waals surface area contributed by atoms with Crippen molar-refractivity contribution in [2.24, 2.45) is 13.0 Å². The van der Waals surface area contributed by atoms with Gasteiger partial charge in [0.2, 0.25) is 0 Å². The van der Waals surface area contributed by atoms with E-state index < -0.39 is 16.1 Å². The molecule has 1 aromatic heterocycles. The first-order valence-corrected chi connectivity index (χ1v) is 9.98. The molecule has 0 aliphatic carbocycles. The Bertz CT molecular complexity index is 711. The lowest BCUT2D eigenvalue weighted by Crippen LogP contribution is -2.51. The smallest absolute Gasteiger partial charge is 0.407 e. The highest BCUT2D eigenvalue weighted by Gasteiger charge is 2.33. The number of carboxylic acid groups (broad SMARTS) is 1. The summed E-state index contributed by atoms with van der Waals surface area (Å²) in [5, 5.41) is 9.11. The van der Waals surface area contributed by atoms with Crippen molar-refractivity contribution in [2.45, 2.75) is 17.9 Å². The van der Waals surface area contributed by atoms with Gasteiger partial charge in [0.05, 0.1) is 6.33 Å². The van der Waals surface area contributed by atoms with Gasteiger partial charge in [0.25, 0.3) is 10.0 Å². The van der Waals surface area contributed by atoms with Crippen LogP contribution in [0.4, 0.5) is 4.79 Å². The second kappa shape index (κ2) is 7.30. The lowest BCUT2D eigenvalue weighted by atomic mass is 9.99. The predicted octanol–water partition coefficient (Wildman–Crippen LogP) is 0.116. The van der Waals surface area contributed by atoms with Gasteiger partial charge in [-0.05, 0) is 18.8 Å². The molecule has 0 radical (unpaired) electrons. The fraction of sp³-hybridized carbons (Fsp3) is 0.733. The van der Waals surface area contributed by atoms with E-state index in [4.69, 9.17) is 5.11 Å². The quantitative estimate of drug-likeness (QED) is 0.807. The lowest BCUT2D eigenvalue weighted by molar-refractivity contribution is 0.0914. The Morgan fingerprint density at radius 2 is 2.00 bits per heavy atom. The van der Waals surface area contributed by atoms with Gasteiger partial charge < -0.3 is 14.6 Å². The van der Waals surface area contributed by atoms with Crippen molar-refractivity contribution in [1.29, 1.82) is 0 Å². The number of amides is 1. The van der Waals surface area contributed by atoms with E-state index in [-0.39, 0.29) is 10.9 Å². The molecule has 9 nitrogen and oxygen atoms in total. The highest BCUT2D eigenvalue weighted by molar-refractivity contribution is 7.89. The summed E-state index contributed by atoms with van der Waals surface area (Å²) in [5.74, 6) is 0.267. The van der Waals surface area contributed by atoms with Crippen molar-refractivity contribution in [3.05, 3.63) is 12.5 Å². The molecule has 1 amide bonds. The molecular weight excluding hydrogens is 346 g/mol. The molecule has 25 heavy (non-hydrogen) atoms. The Labute approximate surface area is 147 Å². The van der Waals surface area contributed by atoms with Gasteiger partial charge in [0, 0.05) is 59.1 Å². The summed E-state index contributed by atoms with van der Waals surface area (Å²) in [6, 6.07) is 0. The Balaban J connectivity index is 1.57. The third-order valence-electron chi connectivity index (χ3n) is 4.93. The minimum Gasteiger partial charge on any atom is -0.465 e. The first-order valence-electron chi connectivity index (χ1n) is 8.54. The van der Waals surface area contributed by atoms with Crippen LogP contribution >= 0.6 is 0 Å².